The van der Waals surface area contributed by atoms with Crippen molar-refractivity contribution in [3.8, 4) is 0 Å². The minimum atomic E-state index is -1.55. The molecule has 6 heteroatoms. The average Bonchev–Trinajstić information content (AvgIpc) is 2.22. The molecule has 0 saturated carbocycles. The molecule has 0 aliphatic heterocycles. The quantitative estimate of drug-likeness (QED) is 0.421. The van der Waals surface area contributed by atoms with Gasteiger partial charge in [0.2, 0.25) is 0 Å². The molecule has 0 aromatic heterocycles. The van der Waals surface area contributed by atoms with Crippen molar-refractivity contribution >= 4 is 16.6 Å². The van der Waals surface area contributed by atoms with Crippen LogP contribution in [0, 0.1) is 0 Å². The number of likely N-dealkylation sites (N-methyl/N-ethyl adjacent to an activating group) is 2. The normalized spacial score (nSPS) is 14.5. The van der Waals surface area contributed by atoms with Crippen LogP contribution < -0.4 is 0 Å². The van der Waals surface area contributed by atoms with Crippen LogP contribution in [0.2, 0.25) is 38.3 Å². The molecule has 0 unspecified atom stereocenters. The van der Waals surface area contributed by atoms with Crippen molar-refractivity contribution in [2.24, 2.45) is 0 Å². The van der Waals surface area contributed by atoms with Gasteiger partial charge in [0.1, 0.15) is 13.1 Å². The Labute approximate surface area is 141 Å². The van der Waals surface area contributed by atoms with Gasteiger partial charge < -0.3 is 17.8 Å². The van der Waals surface area contributed by atoms with E-state index in [1.165, 1.54) is 12.1 Å². The highest BCUT2D eigenvalue weighted by Gasteiger charge is 2.30. The highest BCUT2D eigenvalue weighted by molar-refractivity contribution is 6.76. The summed E-state index contributed by atoms with van der Waals surface area (Å²) in [5, 5.41) is 0. The summed E-state index contributed by atoms with van der Waals surface area (Å²) in [7, 11) is 10.2. The van der Waals surface area contributed by atoms with Gasteiger partial charge in [-0.3, -0.25) is 0 Å². The zero-order valence-corrected chi connectivity index (χ0v) is 19.0. The molecule has 4 nitrogen and oxygen atoms in total. The second kappa shape index (κ2) is 8.39. The summed E-state index contributed by atoms with van der Waals surface area (Å²) in [6.45, 7) is 13.3. The number of hydrogen-bond acceptors (Lipinski definition) is 2. The minimum absolute atomic E-state index is 0.882. The molecule has 0 aromatic rings. The molecule has 0 radical (unpaired) electrons. The lowest BCUT2D eigenvalue weighted by Gasteiger charge is -2.31. The molecule has 0 heterocycles. The van der Waals surface area contributed by atoms with Gasteiger partial charge in [0.15, 0.2) is 16.6 Å². The number of hydrogen-bond donors (Lipinski definition) is 0. The Morgan fingerprint density at radius 3 is 1.09 bits per heavy atom. The summed E-state index contributed by atoms with van der Waals surface area (Å²) < 4.78 is 14.4. The van der Waals surface area contributed by atoms with Crippen LogP contribution in [-0.4, -0.2) is 94.2 Å². The molecule has 0 atom stereocenters. The first-order chi connectivity index (χ1) is 9.62. The summed E-state index contributed by atoms with van der Waals surface area (Å²) in [5.41, 5.74) is 0. The van der Waals surface area contributed by atoms with E-state index in [1.807, 2.05) is 0 Å². The molecule has 0 rings (SSSR count). The van der Waals surface area contributed by atoms with Crippen LogP contribution in [0.4, 0.5) is 0 Å². The third kappa shape index (κ3) is 13.9. The number of nitrogens with zero attached hydrogens (tertiary/aromatic N) is 2. The van der Waals surface area contributed by atoms with Gasteiger partial charge in [-0.25, -0.2) is 0 Å². The third-order valence-electron chi connectivity index (χ3n) is 3.84. The van der Waals surface area contributed by atoms with E-state index in [0.29, 0.717) is 0 Å². The predicted molar refractivity (Wildman–Crippen MR) is 102 cm³/mol. The molecule has 0 spiro atoms. The van der Waals surface area contributed by atoms with Crippen molar-refractivity contribution in [1.82, 2.24) is 0 Å². The largest absolute Gasteiger partial charge is 0.412 e. The Morgan fingerprint density at radius 2 is 0.864 bits per heavy atom. The fraction of sp³-hybridized carbons (Fsp3) is 1.00. The van der Waals surface area contributed by atoms with Crippen molar-refractivity contribution in [3.05, 3.63) is 0 Å². The number of rotatable bonds is 11. The van der Waals surface area contributed by atoms with Crippen LogP contribution in [-0.2, 0) is 8.85 Å². The summed E-state index contributed by atoms with van der Waals surface area (Å²) in [4.78, 5) is 0. The summed E-state index contributed by atoms with van der Waals surface area (Å²) >= 11 is 0. The molecule has 0 fully saturated rings. The molecule has 0 aromatic carbocycles. The highest BCUT2D eigenvalue weighted by Crippen LogP contribution is 2.22. The van der Waals surface area contributed by atoms with Gasteiger partial charge in [-0.2, -0.15) is 0 Å². The van der Waals surface area contributed by atoms with Crippen LogP contribution in [0.25, 0.3) is 0 Å². The molecular formula is C16H42N2O2Si2+2. The second-order valence-corrected chi connectivity index (χ2v) is 18.4. The standard InChI is InChI=1S/C16H42N2O2Si2/c1-17(2,3)11-13-19-21(7,8)15-16-22(9,10)20-14-12-18(4,5)6/h11-16H2,1-10H3/q+2. The SMILES string of the molecule is C[N+](C)(C)CCO[Si](C)(C)CC[Si](C)(C)OCC[N+](C)(C)C. The van der Waals surface area contributed by atoms with Gasteiger partial charge in [0, 0.05) is 0 Å². The third-order valence-corrected chi connectivity index (χ3v) is 9.22. The maximum absolute atomic E-state index is 6.25. The van der Waals surface area contributed by atoms with Crippen molar-refractivity contribution in [2.75, 3.05) is 68.6 Å². The number of quaternary nitrogens is 2. The smallest absolute Gasteiger partial charge is 0.186 e. The molecule has 0 amide bonds. The average molecular weight is 351 g/mol. The zero-order chi connectivity index (χ0) is 17.7. The van der Waals surface area contributed by atoms with Crippen LogP contribution in [0.15, 0.2) is 0 Å². The zero-order valence-electron chi connectivity index (χ0n) is 17.0. The van der Waals surface area contributed by atoms with Gasteiger partial charge >= 0.3 is 0 Å². The lowest BCUT2D eigenvalue weighted by Crippen LogP contribution is -2.43. The van der Waals surface area contributed by atoms with E-state index < -0.39 is 16.6 Å². The first kappa shape index (κ1) is 22.3. The van der Waals surface area contributed by atoms with E-state index in [0.717, 1.165) is 35.3 Å². The summed E-state index contributed by atoms with van der Waals surface area (Å²) in [6.07, 6.45) is 0. The summed E-state index contributed by atoms with van der Waals surface area (Å²) in [6, 6.07) is 2.43. The molecule has 0 aliphatic carbocycles. The molecule has 0 N–H and O–H groups in total. The Kier molecular flexibility index (Phi) is 8.50. The van der Waals surface area contributed by atoms with E-state index in [9.17, 15) is 0 Å². The molecule has 22 heavy (non-hydrogen) atoms. The Balaban J connectivity index is 4.10. The van der Waals surface area contributed by atoms with Gasteiger partial charge in [0.05, 0.1) is 55.5 Å². The second-order valence-electron chi connectivity index (χ2n) is 9.74. The Hall–Kier alpha value is 0.274. The molecule has 0 bridgehead atoms. The molecule has 134 valence electrons. The predicted octanol–water partition coefficient (Wildman–Crippen LogP) is 2.84. The fourth-order valence-corrected chi connectivity index (χ4v) is 8.33. The van der Waals surface area contributed by atoms with E-state index in [2.05, 4.69) is 68.5 Å². The van der Waals surface area contributed by atoms with Crippen molar-refractivity contribution in [3.63, 3.8) is 0 Å². The Bertz CT molecular complexity index is 289. The van der Waals surface area contributed by atoms with E-state index in [1.54, 1.807) is 0 Å². The van der Waals surface area contributed by atoms with Gasteiger partial charge in [-0.1, -0.05) is 0 Å². The van der Waals surface area contributed by atoms with Crippen LogP contribution in [0.5, 0.6) is 0 Å². The molecular weight excluding hydrogens is 308 g/mol. The fourth-order valence-electron chi connectivity index (χ4n) is 1.94. The van der Waals surface area contributed by atoms with Crippen molar-refractivity contribution < 1.29 is 17.8 Å². The lowest BCUT2D eigenvalue weighted by atomic mass is 10.5. The van der Waals surface area contributed by atoms with Crippen molar-refractivity contribution in [1.29, 1.82) is 0 Å². The van der Waals surface area contributed by atoms with Crippen LogP contribution >= 0.6 is 0 Å². The van der Waals surface area contributed by atoms with E-state index in [-0.39, 0.29) is 0 Å². The highest BCUT2D eigenvalue weighted by atomic mass is 28.4. The maximum atomic E-state index is 6.25. The van der Waals surface area contributed by atoms with Gasteiger partial charge in [-0.05, 0) is 38.3 Å². The van der Waals surface area contributed by atoms with Gasteiger partial charge in [0.25, 0.3) is 0 Å². The first-order valence-corrected chi connectivity index (χ1v) is 14.7. The molecule has 0 saturated heterocycles. The summed E-state index contributed by atoms with van der Waals surface area (Å²) in [5.74, 6) is 0. The molecule has 0 aliphatic rings. The maximum Gasteiger partial charge on any atom is 0.186 e. The Morgan fingerprint density at radius 1 is 0.591 bits per heavy atom. The topological polar surface area (TPSA) is 18.5 Å². The van der Waals surface area contributed by atoms with Crippen LogP contribution in [0.1, 0.15) is 0 Å². The lowest BCUT2D eigenvalue weighted by molar-refractivity contribution is -0.870. The monoisotopic (exact) mass is 350 g/mol. The van der Waals surface area contributed by atoms with Gasteiger partial charge in [-0.15, -0.1) is 0 Å². The first-order valence-electron chi connectivity index (χ1n) is 8.51. The van der Waals surface area contributed by atoms with E-state index in [4.69, 9.17) is 8.85 Å². The van der Waals surface area contributed by atoms with E-state index >= 15 is 0 Å². The van der Waals surface area contributed by atoms with Crippen molar-refractivity contribution in [2.45, 2.75) is 38.3 Å². The van der Waals surface area contributed by atoms with Crippen LogP contribution in [0.3, 0.4) is 0 Å². The minimum Gasteiger partial charge on any atom is -0.412 e.